The first kappa shape index (κ1) is 12.5. The predicted molar refractivity (Wildman–Crippen MR) is 62.5 cm³/mol. The number of amides is 1. The first-order valence-electron chi connectivity index (χ1n) is 5.67. The zero-order valence-corrected chi connectivity index (χ0v) is 10.00. The highest BCUT2D eigenvalue weighted by atomic mass is 16.5. The molecule has 1 N–H and O–H groups in total. The van der Waals surface area contributed by atoms with Crippen molar-refractivity contribution >= 4 is 11.9 Å². The SMILES string of the molecule is CC1COCCN1C(=O)c1ccc(C(=O)O)cn1. The second-order valence-electron chi connectivity index (χ2n) is 4.16. The normalized spacial score (nSPS) is 19.6. The fourth-order valence-electron chi connectivity index (χ4n) is 1.82. The quantitative estimate of drug-likeness (QED) is 0.833. The van der Waals surface area contributed by atoms with Crippen molar-refractivity contribution in [2.75, 3.05) is 19.8 Å². The van der Waals surface area contributed by atoms with Crippen molar-refractivity contribution in [1.82, 2.24) is 9.88 Å². The molecule has 96 valence electrons. The first-order valence-corrected chi connectivity index (χ1v) is 5.67. The van der Waals surface area contributed by atoms with Crippen molar-refractivity contribution in [3.63, 3.8) is 0 Å². The van der Waals surface area contributed by atoms with Gasteiger partial charge in [0.05, 0.1) is 24.8 Å². The van der Waals surface area contributed by atoms with Gasteiger partial charge in [0.2, 0.25) is 0 Å². The van der Waals surface area contributed by atoms with E-state index < -0.39 is 5.97 Å². The van der Waals surface area contributed by atoms with Crippen molar-refractivity contribution in [3.05, 3.63) is 29.6 Å². The molecule has 1 saturated heterocycles. The first-order chi connectivity index (χ1) is 8.59. The monoisotopic (exact) mass is 250 g/mol. The van der Waals surface area contributed by atoms with Crippen molar-refractivity contribution in [2.24, 2.45) is 0 Å². The number of carbonyl (C=O) groups is 2. The van der Waals surface area contributed by atoms with Gasteiger partial charge in [0, 0.05) is 12.7 Å². The van der Waals surface area contributed by atoms with Crippen LogP contribution < -0.4 is 0 Å². The Labute approximate surface area is 104 Å². The van der Waals surface area contributed by atoms with Crippen LogP contribution in [0.1, 0.15) is 27.8 Å². The molecule has 2 rings (SSSR count). The Morgan fingerprint density at radius 3 is 2.83 bits per heavy atom. The van der Waals surface area contributed by atoms with Gasteiger partial charge in [-0.2, -0.15) is 0 Å². The number of aromatic nitrogens is 1. The third-order valence-corrected chi connectivity index (χ3v) is 2.86. The van der Waals surface area contributed by atoms with Crippen molar-refractivity contribution < 1.29 is 19.4 Å². The van der Waals surface area contributed by atoms with Crippen molar-refractivity contribution in [1.29, 1.82) is 0 Å². The molecule has 1 unspecified atom stereocenters. The summed E-state index contributed by atoms with van der Waals surface area (Å²) < 4.78 is 5.26. The lowest BCUT2D eigenvalue weighted by molar-refractivity contribution is 0.00326. The Balaban J connectivity index is 2.15. The predicted octanol–water partition coefficient (Wildman–Crippen LogP) is 0.641. The molecular weight excluding hydrogens is 236 g/mol. The van der Waals surface area contributed by atoms with E-state index in [-0.39, 0.29) is 23.2 Å². The number of carboxylic acid groups (broad SMARTS) is 1. The van der Waals surface area contributed by atoms with E-state index in [0.29, 0.717) is 19.8 Å². The van der Waals surface area contributed by atoms with Crippen LogP contribution in [-0.4, -0.2) is 52.7 Å². The number of nitrogens with zero attached hydrogens (tertiary/aromatic N) is 2. The molecular formula is C12H14N2O4. The smallest absolute Gasteiger partial charge is 0.337 e. The van der Waals surface area contributed by atoms with Gasteiger partial charge in [-0.25, -0.2) is 4.79 Å². The minimum Gasteiger partial charge on any atom is -0.478 e. The summed E-state index contributed by atoms with van der Waals surface area (Å²) in [7, 11) is 0. The Kier molecular flexibility index (Phi) is 3.57. The van der Waals surface area contributed by atoms with Crippen molar-refractivity contribution in [3.8, 4) is 0 Å². The molecule has 1 atom stereocenters. The average Bonchev–Trinajstić information content (AvgIpc) is 2.38. The highest BCUT2D eigenvalue weighted by Gasteiger charge is 2.25. The van der Waals surface area contributed by atoms with E-state index in [4.69, 9.17) is 9.84 Å². The third-order valence-electron chi connectivity index (χ3n) is 2.86. The van der Waals surface area contributed by atoms with Gasteiger partial charge in [0.25, 0.3) is 5.91 Å². The van der Waals surface area contributed by atoms with E-state index in [1.54, 1.807) is 4.90 Å². The number of rotatable bonds is 2. The van der Waals surface area contributed by atoms with Gasteiger partial charge in [0.15, 0.2) is 0 Å². The lowest BCUT2D eigenvalue weighted by Gasteiger charge is -2.33. The molecule has 18 heavy (non-hydrogen) atoms. The van der Waals surface area contributed by atoms with Crippen LogP contribution in [-0.2, 0) is 4.74 Å². The topological polar surface area (TPSA) is 79.7 Å². The molecule has 1 aliphatic rings. The lowest BCUT2D eigenvalue weighted by Crippen LogP contribution is -2.47. The standard InChI is InChI=1S/C12H14N2O4/c1-8-7-18-5-4-14(8)11(15)10-3-2-9(6-13-10)12(16)17/h2-3,6,8H,4-5,7H2,1H3,(H,16,17). The number of ether oxygens (including phenoxy) is 1. The molecule has 0 bridgehead atoms. The second-order valence-corrected chi connectivity index (χ2v) is 4.16. The summed E-state index contributed by atoms with van der Waals surface area (Å²) in [5, 5.41) is 8.75. The maximum atomic E-state index is 12.2. The van der Waals surface area contributed by atoms with Crippen molar-refractivity contribution in [2.45, 2.75) is 13.0 Å². The summed E-state index contributed by atoms with van der Waals surface area (Å²) in [5.41, 5.74) is 0.329. The van der Waals surface area contributed by atoms with Crippen LogP contribution in [0.15, 0.2) is 18.3 Å². The van der Waals surface area contributed by atoms with Crippen LogP contribution in [0.25, 0.3) is 0 Å². The number of aromatic carboxylic acids is 1. The number of pyridine rings is 1. The Bertz CT molecular complexity index is 458. The summed E-state index contributed by atoms with van der Waals surface area (Å²) >= 11 is 0. The molecule has 0 aromatic carbocycles. The molecule has 1 aromatic rings. The van der Waals surface area contributed by atoms with E-state index in [1.807, 2.05) is 6.92 Å². The highest BCUT2D eigenvalue weighted by Crippen LogP contribution is 2.11. The zero-order valence-electron chi connectivity index (χ0n) is 10.00. The molecule has 1 fully saturated rings. The van der Waals surface area contributed by atoms with Crippen LogP contribution in [0, 0.1) is 0 Å². The van der Waals surface area contributed by atoms with E-state index in [2.05, 4.69) is 4.98 Å². The summed E-state index contributed by atoms with van der Waals surface area (Å²) in [4.78, 5) is 28.4. The number of carboxylic acids is 1. The minimum absolute atomic E-state index is 0.00667. The molecule has 0 saturated carbocycles. The van der Waals surface area contributed by atoms with Crippen LogP contribution >= 0.6 is 0 Å². The van der Waals surface area contributed by atoms with E-state index in [0.717, 1.165) is 0 Å². The molecule has 0 radical (unpaired) electrons. The van der Waals surface area contributed by atoms with Gasteiger partial charge in [-0.1, -0.05) is 0 Å². The number of hydrogen-bond acceptors (Lipinski definition) is 4. The maximum Gasteiger partial charge on any atom is 0.337 e. The molecule has 1 aromatic heterocycles. The highest BCUT2D eigenvalue weighted by molar-refractivity contribution is 5.94. The molecule has 6 nitrogen and oxygen atoms in total. The lowest BCUT2D eigenvalue weighted by atomic mass is 10.2. The van der Waals surface area contributed by atoms with E-state index in [1.165, 1.54) is 18.3 Å². The molecule has 0 spiro atoms. The zero-order chi connectivity index (χ0) is 13.1. The van der Waals surface area contributed by atoms with Crippen LogP contribution in [0.2, 0.25) is 0 Å². The minimum atomic E-state index is -1.05. The van der Waals surface area contributed by atoms with Crippen LogP contribution in [0.4, 0.5) is 0 Å². The van der Waals surface area contributed by atoms with Gasteiger partial charge in [-0.3, -0.25) is 9.78 Å². The van der Waals surface area contributed by atoms with Crippen LogP contribution in [0.5, 0.6) is 0 Å². The molecule has 6 heteroatoms. The van der Waals surface area contributed by atoms with E-state index >= 15 is 0 Å². The van der Waals surface area contributed by atoms with Gasteiger partial charge in [-0.15, -0.1) is 0 Å². The number of carbonyl (C=O) groups excluding carboxylic acids is 1. The molecule has 1 amide bonds. The van der Waals surface area contributed by atoms with Gasteiger partial charge in [0.1, 0.15) is 5.69 Å². The Morgan fingerprint density at radius 1 is 1.50 bits per heavy atom. The Hall–Kier alpha value is -1.95. The van der Waals surface area contributed by atoms with Gasteiger partial charge in [-0.05, 0) is 19.1 Å². The summed E-state index contributed by atoms with van der Waals surface area (Å²) in [6.45, 7) is 3.47. The van der Waals surface area contributed by atoms with E-state index in [9.17, 15) is 9.59 Å². The fourth-order valence-corrected chi connectivity index (χ4v) is 1.82. The Morgan fingerprint density at radius 2 is 2.28 bits per heavy atom. The van der Waals surface area contributed by atoms with Gasteiger partial charge < -0.3 is 14.7 Å². The summed E-state index contributed by atoms with van der Waals surface area (Å²) in [6, 6.07) is 2.83. The van der Waals surface area contributed by atoms with Crippen LogP contribution in [0.3, 0.4) is 0 Å². The van der Waals surface area contributed by atoms with Gasteiger partial charge >= 0.3 is 5.97 Å². The molecule has 0 aliphatic carbocycles. The average molecular weight is 250 g/mol. The third kappa shape index (κ3) is 2.48. The molecule has 2 heterocycles. The molecule has 1 aliphatic heterocycles. The second kappa shape index (κ2) is 5.14. The summed E-state index contributed by atoms with van der Waals surface area (Å²) in [5.74, 6) is -1.25. The number of hydrogen-bond donors (Lipinski definition) is 1. The largest absolute Gasteiger partial charge is 0.478 e. The summed E-state index contributed by atoms with van der Waals surface area (Å²) in [6.07, 6.45) is 1.20. The fraction of sp³-hybridized carbons (Fsp3) is 0.417. The number of morpholine rings is 1. The maximum absolute atomic E-state index is 12.2.